The normalized spacial score (nSPS) is 47.1. The van der Waals surface area contributed by atoms with Crippen molar-refractivity contribution in [2.24, 2.45) is 46.3 Å². The minimum atomic E-state index is -0.621. The van der Waals surface area contributed by atoms with Gasteiger partial charge in [0.2, 0.25) is 0 Å². The molecule has 0 heterocycles. The standard InChI is InChI=1S/C24H40O2.H2O/c1-16(7-12-22(25)26)19-10-11-20-18-9-8-17-6-4-5-14-23(17,2)21(18)13-15-24(19,20)3;/h16-21H,4-15H2,1-3H3,(H,25,26);1H2/t16-,17?,18+,19-,20+,21+,23+,24-;/m1./s1. The van der Waals surface area contributed by atoms with Gasteiger partial charge in [-0.05, 0) is 104 Å². The molecule has 0 aromatic heterocycles. The SMILES string of the molecule is C[C@H](CCC(=O)O)[C@H]1CC[C@H]2[C@@H]3CCC4CCCC[C@]4(C)[C@H]3CC[C@]12C.O. The van der Waals surface area contributed by atoms with E-state index >= 15 is 0 Å². The number of carboxylic acid groups (broad SMARTS) is 1. The minimum absolute atomic E-state index is 0. The van der Waals surface area contributed by atoms with Crippen molar-refractivity contribution in [3.05, 3.63) is 0 Å². The molecule has 4 saturated carbocycles. The molecule has 27 heavy (non-hydrogen) atoms. The molecule has 156 valence electrons. The highest BCUT2D eigenvalue weighted by atomic mass is 16.4. The van der Waals surface area contributed by atoms with E-state index in [-0.39, 0.29) is 5.48 Å². The Kier molecular flexibility index (Phi) is 6.02. The topological polar surface area (TPSA) is 68.8 Å². The first-order chi connectivity index (χ1) is 12.4. The Morgan fingerprint density at radius 2 is 1.70 bits per heavy atom. The van der Waals surface area contributed by atoms with Crippen LogP contribution in [0.1, 0.15) is 97.8 Å². The molecule has 0 radical (unpaired) electrons. The van der Waals surface area contributed by atoms with Crippen molar-refractivity contribution < 1.29 is 15.4 Å². The molecule has 0 saturated heterocycles. The number of carbonyl (C=O) groups is 1. The number of carboxylic acids is 1. The average Bonchev–Trinajstić information content (AvgIpc) is 2.96. The molecule has 4 aliphatic rings. The molecule has 3 N–H and O–H groups in total. The Morgan fingerprint density at radius 1 is 0.963 bits per heavy atom. The number of hydrogen-bond donors (Lipinski definition) is 1. The lowest BCUT2D eigenvalue weighted by Gasteiger charge is -2.61. The van der Waals surface area contributed by atoms with Crippen LogP contribution in [-0.4, -0.2) is 16.6 Å². The number of aliphatic carboxylic acids is 1. The molecule has 4 fully saturated rings. The van der Waals surface area contributed by atoms with Gasteiger partial charge in [0.25, 0.3) is 0 Å². The largest absolute Gasteiger partial charge is 0.481 e. The second kappa shape index (κ2) is 7.69. The van der Waals surface area contributed by atoms with Crippen LogP contribution >= 0.6 is 0 Å². The zero-order chi connectivity index (χ0) is 18.5. The minimum Gasteiger partial charge on any atom is -0.481 e. The molecule has 0 aliphatic heterocycles. The first-order valence-corrected chi connectivity index (χ1v) is 11.6. The van der Waals surface area contributed by atoms with Crippen molar-refractivity contribution in [2.45, 2.75) is 97.8 Å². The van der Waals surface area contributed by atoms with Crippen molar-refractivity contribution in [1.29, 1.82) is 0 Å². The van der Waals surface area contributed by atoms with Crippen LogP contribution in [0.15, 0.2) is 0 Å². The van der Waals surface area contributed by atoms with Gasteiger partial charge < -0.3 is 10.6 Å². The number of fused-ring (bicyclic) bond motifs is 5. The van der Waals surface area contributed by atoms with Crippen molar-refractivity contribution in [3.8, 4) is 0 Å². The second-order valence-electron chi connectivity index (χ2n) is 11.0. The summed E-state index contributed by atoms with van der Waals surface area (Å²) in [5.74, 6) is 4.57. The fourth-order valence-electron chi connectivity index (χ4n) is 8.82. The quantitative estimate of drug-likeness (QED) is 0.680. The molecule has 4 rings (SSSR count). The third kappa shape index (κ3) is 3.36. The molecule has 0 amide bonds. The van der Waals surface area contributed by atoms with Crippen molar-refractivity contribution in [3.63, 3.8) is 0 Å². The Balaban J connectivity index is 0.00000210. The summed E-state index contributed by atoms with van der Waals surface area (Å²) in [6.45, 7) is 7.60. The third-order valence-corrected chi connectivity index (χ3v) is 10.2. The zero-order valence-electron chi connectivity index (χ0n) is 17.8. The summed E-state index contributed by atoms with van der Waals surface area (Å²) in [6.07, 6.45) is 15.7. The molecular formula is C24H42O3. The summed E-state index contributed by atoms with van der Waals surface area (Å²) in [5.41, 5.74) is 1.12. The van der Waals surface area contributed by atoms with Gasteiger partial charge in [-0.1, -0.05) is 33.6 Å². The van der Waals surface area contributed by atoms with E-state index in [1.165, 1.54) is 64.2 Å². The van der Waals surface area contributed by atoms with Crippen LogP contribution in [0.25, 0.3) is 0 Å². The highest BCUT2D eigenvalue weighted by Crippen LogP contribution is 2.68. The van der Waals surface area contributed by atoms with Crippen molar-refractivity contribution in [2.75, 3.05) is 0 Å². The van der Waals surface area contributed by atoms with Gasteiger partial charge in [0, 0.05) is 6.42 Å². The predicted octanol–water partition coefficient (Wildman–Crippen LogP) is 5.71. The molecule has 4 aliphatic carbocycles. The van der Waals surface area contributed by atoms with E-state index in [2.05, 4.69) is 20.8 Å². The Bertz CT molecular complexity index is 546. The lowest BCUT2D eigenvalue weighted by molar-refractivity contribution is -0.137. The highest BCUT2D eigenvalue weighted by Gasteiger charge is 2.60. The molecule has 0 spiro atoms. The van der Waals surface area contributed by atoms with E-state index in [1.54, 1.807) is 0 Å². The summed E-state index contributed by atoms with van der Waals surface area (Å²) in [7, 11) is 0. The predicted molar refractivity (Wildman–Crippen MR) is 109 cm³/mol. The first kappa shape index (κ1) is 21.1. The van der Waals surface area contributed by atoms with Gasteiger partial charge in [0.1, 0.15) is 0 Å². The average molecular weight is 379 g/mol. The zero-order valence-corrected chi connectivity index (χ0v) is 17.8. The Morgan fingerprint density at radius 3 is 2.44 bits per heavy atom. The van der Waals surface area contributed by atoms with E-state index in [1.807, 2.05) is 0 Å². The Hall–Kier alpha value is -0.570. The molecule has 0 aromatic carbocycles. The van der Waals surface area contributed by atoms with Crippen LogP contribution in [-0.2, 0) is 4.79 Å². The first-order valence-electron chi connectivity index (χ1n) is 11.6. The van der Waals surface area contributed by atoms with Gasteiger partial charge in [-0.2, -0.15) is 0 Å². The maximum absolute atomic E-state index is 11.0. The lowest BCUT2D eigenvalue weighted by Crippen LogP contribution is -2.53. The summed E-state index contributed by atoms with van der Waals surface area (Å²) in [6, 6.07) is 0. The molecular weight excluding hydrogens is 336 g/mol. The monoisotopic (exact) mass is 378 g/mol. The fourth-order valence-corrected chi connectivity index (χ4v) is 8.82. The van der Waals surface area contributed by atoms with E-state index in [0.717, 1.165) is 36.0 Å². The molecule has 0 bridgehead atoms. The molecule has 3 heteroatoms. The van der Waals surface area contributed by atoms with Crippen LogP contribution in [0.4, 0.5) is 0 Å². The van der Waals surface area contributed by atoms with E-state index in [4.69, 9.17) is 5.11 Å². The number of rotatable bonds is 4. The highest BCUT2D eigenvalue weighted by molar-refractivity contribution is 5.66. The Labute approximate surface area is 166 Å². The van der Waals surface area contributed by atoms with Crippen LogP contribution in [0.3, 0.4) is 0 Å². The van der Waals surface area contributed by atoms with Gasteiger partial charge >= 0.3 is 5.97 Å². The van der Waals surface area contributed by atoms with Crippen molar-refractivity contribution >= 4 is 5.97 Å². The molecule has 1 unspecified atom stereocenters. The lowest BCUT2D eigenvalue weighted by atomic mass is 9.44. The summed E-state index contributed by atoms with van der Waals surface area (Å²) in [5, 5.41) is 9.09. The maximum atomic E-state index is 11.0. The second-order valence-corrected chi connectivity index (χ2v) is 11.0. The third-order valence-electron chi connectivity index (χ3n) is 10.2. The van der Waals surface area contributed by atoms with E-state index < -0.39 is 5.97 Å². The van der Waals surface area contributed by atoms with Crippen LogP contribution in [0, 0.1) is 46.3 Å². The molecule has 0 aromatic rings. The van der Waals surface area contributed by atoms with E-state index in [9.17, 15) is 4.79 Å². The molecule has 8 atom stereocenters. The van der Waals surface area contributed by atoms with Crippen LogP contribution in [0.5, 0.6) is 0 Å². The van der Waals surface area contributed by atoms with Crippen molar-refractivity contribution in [1.82, 2.24) is 0 Å². The number of hydrogen-bond acceptors (Lipinski definition) is 1. The van der Waals surface area contributed by atoms with Crippen LogP contribution < -0.4 is 0 Å². The van der Waals surface area contributed by atoms with Gasteiger partial charge in [-0.15, -0.1) is 0 Å². The maximum Gasteiger partial charge on any atom is 0.303 e. The summed E-state index contributed by atoms with van der Waals surface area (Å²) >= 11 is 0. The van der Waals surface area contributed by atoms with Gasteiger partial charge in [0.05, 0.1) is 0 Å². The van der Waals surface area contributed by atoms with Gasteiger partial charge in [-0.25, -0.2) is 0 Å². The van der Waals surface area contributed by atoms with Gasteiger partial charge in [-0.3, -0.25) is 4.79 Å². The van der Waals surface area contributed by atoms with Crippen LogP contribution in [0.2, 0.25) is 0 Å². The van der Waals surface area contributed by atoms with Gasteiger partial charge in [0.15, 0.2) is 0 Å². The summed E-state index contributed by atoms with van der Waals surface area (Å²) < 4.78 is 0. The smallest absolute Gasteiger partial charge is 0.303 e. The summed E-state index contributed by atoms with van der Waals surface area (Å²) in [4.78, 5) is 11.0. The fraction of sp³-hybridized carbons (Fsp3) is 0.958. The molecule has 3 nitrogen and oxygen atoms in total. The van der Waals surface area contributed by atoms with E-state index in [0.29, 0.717) is 23.2 Å².